The summed E-state index contributed by atoms with van der Waals surface area (Å²) >= 11 is 1.78. The van der Waals surface area contributed by atoms with Crippen molar-refractivity contribution in [2.24, 2.45) is 0 Å². The number of thioether (sulfide) groups is 1. The van der Waals surface area contributed by atoms with Gasteiger partial charge in [-0.3, -0.25) is 0 Å². The zero-order chi connectivity index (χ0) is 16.4. The molecule has 0 spiro atoms. The third-order valence-corrected chi connectivity index (χ3v) is 4.87. The second-order valence-electron chi connectivity index (χ2n) is 5.81. The molecule has 0 radical (unpaired) electrons. The smallest absolute Gasteiger partial charge is 0.188 e. The van der Waals surface area contributed by atoms with E-state index in [-0.39, 0.29) is 10.6 Å². The summed E-state index contributed by atoms with van der Waals surface area (Å²) in [5.41, 5.74) is 0.965. The van der Waals surface area contributed by atoms with Gasteiger partial charge in [0.05, 0.1) is 5.56 Å². The van der Waals surface area contributed by atoms with Gasteiger partial charge in [0, 0.05) is 11.3 Å². The number of nitrogens with one attached hydrogen (secondary N) is 1. The van der Waals surface area contributed by atoms with Gasteiger partial charge in [-0.15, -0.1) is 15.3 Å². The lowest BCUT2D eigenvalue weighted by Gasteiger charge is -2.22. The van der Waals surface area contributed by atoms with Crippen LogP contribution in [-0.4, -0.2) is 37.4 Å². The molecule has 2 aromatic heterocycles. The second kappa shape index (κ2) is 6.16. The summed E-state index contributed by atoms with van der Waals surface area (Å²) in [5, 5.41) is 15.9. The Labute approximate surface area is 138 Å². The molecule has 3 aromatic rings. The molecule has 23 heavy (non-hydrogen) atoms. The van der Waals surface area contributed by atoms with E-state index in [1.165, 1.54) is 6.07 Å². The summed E-state index contributed by atoms with van der Waals surface area (Å²) in [6.07, 6.45) is 2.08. The minimum Gasteiger partial charge on any atom is -0.367 e. The fourth-order valence-electron chi connectivity index (χ4n) is 2.07. The molecule has 1 N–H and O–H groups in total. The van der Waals surface area contributed by atoms with E-state index in [0.717, 1.165) is 6.54 Å². The van der Waals surface area contributed by atoms with E-state index < -0.39 is 0 Å². The summed E-state index contributed by atoms with van der Waals surface area (Å²) in [7, 11) is 0. The Morgan fingerprint density at radius 2 is 1.96 bits per heavy atom. The van der Waals surface area contributed by atoms with Crippen LogP contribution in [0.15, 0.2) is 36.4 Å². The molecule has 0 saturated heterocycles. The Morgan fingerprint density at radius 3 is 2.70 bits per heavy atom. The minimum absolute atomic E-state index is 0.0954. The van der Waals surface area contributed by atoms with Gasteiger partial charge in [0.2, 0.25) is 0 Å². The molecule has 0 bridgehead atoms. The van der Waals surface area contributed by atoms with E-state index in [0.29, 0.717) is 22.9 Å². The van der Waals surface area contributed by atoms with E-state index in [4.69, 9.17) is 0 Å². The molecule has 0 aliphatic carbocycles. The van der Waals surface area contributed by atoms with Gasteiger partial charge in [0.15, 0.2) is 11.5 Å². The SMILES string of the molecule is CSC(C)(C)CNc1ccc2nnc(-c3ccccc3F)n2n1. The number of hydrogen-bond acceptors (Lipinski definition) is 5. The van der Waals surface area contributed by atoms with Crippen molar-refractivity contribution in [3.8, 4) is 11.4 Å². The van der Waals surface area contributed by atoms with Crippen LogP contribution in [0.4, 0.5) is 10.2 Å². The van der Waals surface area contributed by atoms with Crippen molar-refractivity contribution in [1.82, 2.24) is 19.8 Å². The highest BCUT2D eigenvalue weighted by Gasteiger charge is 2.17. The maximum atomic E-state index is 14.0. The van der Waals surface area contributed by atoms with Crippen LogP contribution in [0.25, 0.3) is 17.0 Å². The van der Waals surface area contributed by atoms with Gasteiger partial charge in [0.25, 0.3) is 0 Å². The lowest BCUT2D eigenvalue weighted by atomic mass is 10.2. The van der Waals surface area contributed by atoms with Crippen molar-refractivity contribution in [3.05, 3.63) is 42.2 Å². The number of fused-ring (bicyclic) bond motifs is 1. The van der Waals surface area contributed by atoms with Gasteiger partial charge in [0.1, 0.15) is 11.6 Å². The summed E-state index contributed by atoms with van der Waals surface area (Å²) in [4.78, 5) is 0. The van der Waals surface area contributed by atoms with Gasteiger partial charge < -0.3 is 5.32 Å². The Kier molecular flexibility index (Phi) is 4.21. The topological polar surface area (TPSA) is 55.1 Å². The van der Waals surface area contributed by atoms with Gasteiger partial charge in [-0.1, -0.05) is 12.1 Å². The second-order valence-corrected chi connectivity index (χ2v) is 7.32. The van der Waals surface area contributed by atoms with Gasteiger partial charge >= 0.3 is 0 Å². The standard InChI is InChI=1S/C16H18FN5S/c1-16(2,23-3)10-18-13-8-9-14-19-20-15(22(14)21-13)11-6-4-5-7-12(11)17/h4-9H,10H2,1-3H3,(H,18,21). The first-order valence-electron chi connectivity index (χ1n) is 7.26. The van der Waals surface area contributed by atoms with Gasteiger partial charge in [-0.2, -0.15) is 16.3 Å². The molecule has 120 valence electrons. The van der Waals surface area contributed by atoms with Gasteiger partial charge in [-0.25, -0.2) is 4.39 Å². The third kappa shape index (κ3) is 3.29. The third-order valence-electron chi connectivity index (χ3n) is 3.63. The maximum absolute atomic E-state index is 14.0. The average molecular weight is 331 g/mol. The molecule has 0 aliphatic heterocycles. The van der Waals surface area contributed by atoms with Crippen LogP contribution in [0.1, 0.15) is 13.8 Å². The molecule has 1 aromatic carbocycles. The number of nitrogens with zero attached hydrogens (tertiary/aromatic N) is 4. The van der Waals surface area contributed by atoms with E-state index >= 15 is 0 Å². The molecule has 0 fully saturated rings. The van der Waals surface area contributed by atoms with Crippen LogP contribution in [0.3, 0.4) is 0 Å². The van der Waals surface area contributed by atoms with E-state index in [1.807, 2.05) is 12.1 Å². The first-order valence-corrected chi connectivity index (χ1v) is 8.49. The number of anilines is 1. The maximum Gasteiger partial charge on any atom is 0.188 e. The molecule has 7 heteroatoms. The zero-order valence-corrected chi connectivity index (χ0v) is 14.1. The largest absolute Gasteiger partial charge is 0.367 e. The highest BCUT2D eigenvalue weighted by Crippen LogP contribution is 2.23. The van der Waals surface area contributed by atoms with Gasteiger partial charge in [-0.05, 0) is 44.4 Å². The zero-order valence-electron chi connectivity index (χ0n) is 13.2. The molecule has 0 saturated carbocycles. The number of halogens is 1. The predicted octanol–water partition coefficient (Wildman–Crippen LogP) is 3.48. The van der Waals surface area contributed by atoms with Crippen molar-refractivity contribution in [3.63, 3.8) is 0 Å². The predicted molar refractivity (Wildman–Crippen MR) is 92.3 cm³/mol. The highest BCUT2D eigenvalue weighted by molar-refractivity contribution is 7.99. The summed E-state index contributed by atoms with van der Waals surface area (Å²) in [6, 6.07) is 10.2. The molecular formula is C16H18FN5S. The van der Waals surface area contributed by atoms with Crippen LogP contribution in [0.5, 0.6) is 0 Å². The molecule has 3 rings (SSSR count). The Morgan fingerprint density at radius 1 is 1.17 bits per heavy atom. The van der Waals surface area contributed by atoms with Crippen LogP contribution < -0.4 is 5.32 Å². The van der Waals surface area contributed by atoms with Crippen LogP contribution in [0.2, 0.25) is 0 Å². The highest BCUT2D eigenvalue weighted by atomic mass is 32.2. The van der Waals surface area contributed by atoms with Crippen molar-refractivity contribution in [2.45, 2.75) is 18.6 Å². The molecule has 5 nitrogen and oxygen atoms in total. The fourth-order valence-corrected chi connectivity index (χ4v) is 2.29. The van der Waals surface area contributed by atoms with Crippen LogP contribution in [0, 0.1) is 5.82 Å². The summed E-state index contributed by atoms with van der Waals surface area (Å²) in [5.74, 6) is 0.758. The fraction of sp³-hybridized carbons (Fsp3) is 0.312. The normalized spacial score (nSPS) is 11.8. The lowest BCUT2D eigenvalue weighted by Crippen LogP contribution is -2.26. The Bertz CT molecular complexity index is 830. The van der Waals surface area contributed by atoms with Crippen molar-refractivity contribution in [2.75, 3.05) is 18.1 Å². The van der Waals surface area contributed by atoms with E-state index in [2.05, 4.69) is 40.7 Å². The van der Waals surface area contributed by atoms with E-state index in [1.54, 1.807) is 34.5 Å². The molecule has 0 unspecified atom stereocenters. The number of aromatic nitrogens is 4. The van der Waals surface area contributed by atoms with Crippen LogP contribution in [-0.2, 0) is 0 Å². The Hall–Kier alpha value is -2.15. The number of benzene rings is 1. The van der Waals surface area contributed by atoms with Crippen molar-refractivity contribution < 1.29 is 4.39 Å². The molecule has 0 amide bonds. The lowest BCUT2D eigenvalue weighted by molar-refractivity contribution is 0.629. The molecule has 0 atom stereocenters. The minimum atomic E-state index is -0.342. The Balaban J connectivity index is 1.96. The first kappa shape index (κ1) is 15.7. The van der Waals surface area contributed by atoms with Crippen LogP contribution >= 0.6 is 11.8 Å². The monoisotopic (exact) mass is 331 g/mol. The molecule has 2 heterocycles. The molecular weight excluding hydrogens is 313 g/mol. The van der Waals surface area contributed by atoms with Crippen molar-refractivity contribution in [1.29, 1.82) is 0 Å². The summed E-state index contributed by atoms with van der Waals surface area (Å²) < 4.78 is 15.7. The van der Waals surface area contributed by atoms with E-state index in [9.17, 15) is 4.39 Å². The average Bonchev–Trinajstić information content (AvgIpc) is 2.96. The summed E-state index contributed by atoms with van der Waals surface area (Å²) in [6.45, 7) is 5.09. The number of hydrogen-bond donors (Lipinski definition) is 1. The first-order chi connectivity index (χ1) is 11.0. The molecule has 0 aliphatic rings. The number of rotatable bonds is 5. The van der Waals surface area contributed by atoms with Crippen molar-refractivity contribution >= 4 is 23.2 Å². The quantitative estimate of drug-likeness (QED) is 0.776.